The number of rotatable bonds is 2. The van der Waals surface area contributed by atoms with E-state index in [0.717, 1.165) is 22.6 Å². The van der Waals surface area contributed by atoms with Crippen LogP contribution in [0.5, 0.6) is 0 Å². The molecule has 3 aromatic rings. The van der Waals surface area contributed by atoms with E-state index in [1.54, 1.807) is 0 Å². The van der Waals surface area contributed by atoms with Crippen LogP contribution in [0.15, 0.2) is 66.7 Å². The summed E-state index contributed by atoms with van der Waals surface area (Å²) in [6, 6.07) is 22.0. The lowest BCUT2D eigenvalue weighted by Crippen LogP contribution is -1.92. The zero-order valence-corrected chi connectivity index (χ0v) is 11.0. The monoisotopic (exact) mass is 264 g/mol. The quantitative estimate of drug-likeness (QED) is 0.692. The van der Waals surface area contributed by atoms with Crippen LogP contribution in [0, 0.1) is 4.64 Å². The van der Waals surface area contributed by atoms with Crippen LogP contribution in [0.1, 0.15) is 0 Å². The number of hydrogen-bond acceptors (Lipinski definition) is 2. The van der Waals surface area contributed by atoms with Gasteiger partial charge in [0.1, 0.15) is 10.5 Å². The normalized spacial score (nSPS) is 10.3. The van der Waals surface area contributed by atoms with Crippen LogP contribution in [-0.4, -0.2) is 9.97 Å². The molecule has 3 heteroatoms. The molecule has 0 bridgehead atoms. The van der Waals surface area contributed by atoms with Crippen molar-refractivity contribution in [2.45, 2.75) is 0 Å². The third kappa shape index (κ3) is 2.61. The lowest BCUT2D eigenvalue weighted by molar-refractivity contribution is 1.16. The molecule has 0 unspecified atom stereocenters. The smallest absolute Gasteiger partial charge is 0.139 e. The standard InChI is InChI=1S/C16H12N2S/c19-15-11-14(12-7-3-1-4-8-12)17-16(18-15)13-9-5-2-6-10-13/h1-11H,(H,17,18,19). The van der Waals surface area contributed by atoms with Crippen LogP contribution < -0.4 is 0 Å². The third-order valence-corrected chi connectivity index (χ3v) is 3.08. The van der Waals surface area contributed by atoms with E-state index in [1.807, 2.05) is 54.6 Å². The number of aromatic amines is 1. The van der Waals surface area contributed by atoms with Gasteiger partial charge in [0, 0.05) is 11.3 Å². The molecule has 19 heavy (non-hydrogen) atoms. The van der Waals surface area contributed by atoms with Crippen molar-refractivity contribution in [3.05, 3.63) is 71.4 Å². The number of aromatic nitrogens is 2. The molecular formula is C16H12N2S. The van der Waals surface area contributed by atoms with Gasteiger partial charge in [-0.1, -0.05) is 72.9 Å². The molecule has 1 aromatic heterocycles. The Bertz CT molecular complexity index is 673. The van der Waals surface area contributed by atoms with Gasteiger partial charge >= 0.3 is 0 Å². The van der Waals surface area contributed by atoms with Gasteiger partial charge in [0.25, 0.3) is 0 Å². The van der Waals surface area contributed by atoms with Crippen LogP contribution in [0.2, 0.25) is 0 Å². The Hall–Kier alpha value is -2.26. The molecule has 1 heterocycles. The average molecular weight is 264 g/mol. The zero-order chi connectivity index (χ0) is 13.1. The molecule has 1 N–H and O–H groups in total. The number of H-pyrrole nitrogens is 1. The Kier molecular flexibility index (Phi) is 3.21. The Labute approximate surface area is 116 Å². The first kappa shape index (κ1) is 11.8. The molecule has 0 aliphatic carbocycles. The molecule has 0 fully saturated rings. The molecule has 92 valence electrons. The highest BCUT2D eigenvalue weighted by Crippen LogP contribution is 2.20. The van der Waals surface area contributed by atoms with E-state index < -0.39 is 0 Å². The lowest BCUT2D eigenvalue weighted by Gasteiger charge is -2.06. The number of nitrogens with zero attached hydrogens (tertiary/aromatic N) is 1. The van der Waals surface area contributed by atoms with Crippen molar-refractivity contribution in [1.82, 2.24) is 9.97 Å². The first-order valence-electron chi connectivity index (χ1n) is 6.05. The minimum Gasteiger partial charge on any atom is -0.339 e. The van der Waals surface area contributed by atoms with Gasteiger partial charge in [-0.25, -0.2) is 4.98 Å². The van der Waals surface area contributed by atoms with E-state index >= 15 is 0 Å². The summed E-state index contributed by atoms with van der Waals surface area (Å²) < 4.78 is 0.594. The van der Waals surface area contributed by atoms with Gasteiger partial charge in [0.2, 0.25) is 0 Å². The van der Waals surface area contributed by atoms with Crippen molar-refractivity contribution in [2.75, 3.05) is 0 Å². The molecular weight excluding hydrogens is 252 g/mol. The SMILES string of the molecule is S=c1cc(-c2ccccc2)[nH]c(-c2ccccc2)n1. The molecule has 0 aliphatic heterocycles. The summed E-state index contributed by atoms with van der Waals surface area (Å²) in [5.41, 5.74) is 3.12. The zero-order valence-electron chi connectivity index (χ0n) is 10.2. The summed E-state index contributed by atoms with van der Waals surface area (Å²) in [7, 11) is 0. The summed E-state index contributed by atoms with van der Waals surface area (Å²) in [5.74, 6) is 0.798. The molecule has 0 saturated carbocycles. The van der Waals surface area contributed by atoms with E-state index in [9.17, 15) is 0 Å². The van der Waals surface area contributed by atoms with E-state index in [1.165, 1.54) is 0 Å². The highest BCUT2D eigenvalue weighted by Gasteiger charge is 2.03. The maximum atomic E-state index is 5.26. The van der Waals surface area contributed by atoms with Crippen LogP contribution in [0.4, 0.5) is 0 Å². The van der Waals surface area contributed by atoms with E-state index in [4.69, 9.17) is 12.2 Å². The molecule has 0 aliphatic rings. The maximum absolute atomic E-state index is 5.26. The highest BCUT2D eigenvalue weighted by molar-refractivity contribution is 7.71. The molecule has 0 atom stereocenters. The van der Waals surface area contributed by atoms with Gasteiger partial charge in [0.15, 0.2) is 0 Å². The minimum atomic E-state index is 0.594. The number of hydrogen-bond donors (Lipinski definition) is 1. The second-order valence-corrected chi connectivity index (χ2v) is 4.63. The van der Waals surface area contributed by atoms with Crippen molar-refractivity contribution < 1.29 is 0 Å². The molecule has 0 radical (unpaired) electrons. The number of benzene rings is 2. The summed E-state index contributed by atoms with van der Waals surface area (Å²) in [4.78, 5) is 7.73. The second kappa shape index (κ2) is 5.16. The molecule has 0 amide bonds. The van der Waals surface area contributed by atoms with Gasteiger partial charge in [-0.05, 0) is 11.6 Å². The molecule has 2 aromatic carbocycles. The average Bonchev–Trinajstić information content (AvgIpc) is 2.48. The molecule has 3 rings (SSSR count). The lowest BCUT2D eigenvalue weighted by atomic mass is 10.1. The molecule has 2 nitrogen and oxygen atoms in total. The van der Waals surface area contributed by atoms with Crippen LogP contribution >= 0.6 is 12.2 Å². The number of nitrogens with one attached hydrogen (secondary N) is 1. The summed E-state index contributed by atoms with van der Waals surface area (Å²) in [6.07, 6.45) is 0. The Morgan fingerprint density at radius 2 is 1.37 bits per heavy atom. The van der Waals surface area contributed by atoms with Crippen LogP contribution in [-0.2, 0) is 0 Å². The fourth-order valence-electron chi connectivity index (χ4n) is 1.96. The van der Waals surface area contributed by atoms with Crippen LogP contribution in [0.25, 0.3) is 22.6 Å². The van der Waals surface area contributed by atoms with Crippen molar-refractivity contribution in [1.29, 1.82) is 0 Å². The van der Waals surface area contributed by atoms with E-state index in [0.29, 0.717) is 4.64 Å². The Morgan fingerprint density at radius 1 is 0.789 bits per heavy atom. The maximum Gasteiger partial charge on any atom is 0.139 e. The predicted octanol–water partition coefficient (Wildman–Crippen LogP) is 4.47. The summed E-state index contributed by atoms with van der Waals surface area (Å²) in [5, 5.41) is 0. The third-order valence-electron chi connectivity index (χ3n) is 2.87. The predicted molar refractivity (Wildman–Crippen MR) is 80.3 cm³/mol. The summed E-state index contributed by atoms with van der Waals surface area (Å²) >= 11 is 5.26. The van der Waals surface area contributed by atoms with Gasteiger partial charge in [-0.15, -0.1) is 0 Å². The van der Waals surface area contributed by atoms with Crippen molar-refractivity contribution >= 4 is 12.2 Å². The van der Waals surface area contributed by atoms with Gasteiger partial charge in [-0.2, -0.15) is 0 Å². The van der Waals surface area contributed by atoms with Crippen molar-refractivity contribution in [3.8, 4) is 22.6 Å². The van der Waals surface area contributed by atoms with Gasteiger partial charge < -0.3 is 4.98 Å². The van der Waals surface area contributed by atoms with Crippen molar-refractivity contribution in [2.24, 2.45) is 0 Å². The van der Waals surface area contributed by atoms with Crippen molar-refractivity contribution in [3.63, 3.8) is 0 Å². The molecule has 0 spiro atoms. The first-order valence-corrected chi connectivity index (χ1v) is 6.46. The largest absolute Gasteiger partial charge is 0.339 e. The summed E-state index contributed by atoms with van der Waals surface area (Å²) in [6.45, 7) is 0. The molecule has 0 saturated heterocycles. The minimum absolute atomic E-state index is 0.594. The van der Waals surface area contributed by atoms with Gasteiger partial charge in [-0.3, -0.25) is 0 Å². The topological polar surface area (TPSA) is 28.7 Å². The Morgan fingerprint density at radius 3 is 2.00 bits per heavy atom. The van der Waals surface area contributed by atoms with E-state index in [2.05, 4.69) is 22.1 Å². The fraction of sp³-hybridized carbons (Fsp3) is 0. The first-order chi connectivity index (χ1) is 9.33. The fourth-order valence-corrected chi connectivity index (χ4v) is 2.17. The highest BCUT2D eigenvalue weighted by atomic mass is 32.1. The van der Waals surface area contributed by atoms with Crippen LogP contribution in [0.3, 0.4) is 0 Å². The van der Waals surface area contributed by atoms with Gasteiger partial charge in [0.05, 0.1) is 0 Å². The van der Waals surface area contributed by atoms with E-state index in [-0.39, 0.29) is 0 Å². The Balaban J connectivity index is 2.15. The second-order valence-electron chi connectivity index (χ2n) is 4.21.